The van der Waals surface area contributed by atoms with Gasteiger partial charge in [0.1, 0.15) is 12.4 Å². The van der Waals surface area contributed by atoms with E-state index in [2.05, 4.69) is 5.32 Å². The van der Waals surface area contributed by atoms with E-state index in [-0.39, 0.29) is 19.0 Å². The average molecular weight is 493 g/mol. The van der Waals surface area contributed by atoms with Gasteiger partial charge in [-0.25, -0.2) is 17.5 Å². The first-order valence-corrected chi connectivity index (χ1v) is 11.2. The minimum absolute atomic E-state index is 0.0363. The molecule has 0 bridgehead atoms. The molecule has 1 aliphatic rings. The molecule has 0 aromatic heterocycles. The van der Waals surface area contributed by atoms with Crippen LogP contribution >= 0.6 is 0 Å². The van der Waals surface area contributed by atoms with Crippen LogP contribution in [0.3, 0.4) is 0 Å². The lowest BCUT2D eigenvalue weighted by Gasteiger charge is -2.31. The number of alkyl halides is 6. The van der Waals surface area contributed by atoms with Crippen molar-refractivity contribution in [3.05, 3.63) is 35.1 Å². The van der Waals surface area contributed by atoms with Crippen LogP contribution in [0, 0.1) is 11.7 Å². The van der Waals surface area contributed by atoms with Gasteiger partial charge in [0.15, 0.2) is 0 Å². The number of amides is 1. The molecule has 1 aromatic carbocycles. The maximum atomic E-state index is 13.4. The summed E-state index contributed by atoms with van der Waals surface area (Å²) in [4.78, 5) is 13.9. The van der Waals surface area contributed by atoms with E-state index in [4.69, 9.17) is 0 Å². The number of nitrogens with zero attached hydrogens (tertiary/aromatic N) is 1. The molecule has 0 unspecified atom stereocenters. The SMILES string of the molecule is O=C(NCC1CCN(CCS(=O)(=O)NCC(F)(F)F)CC1)c1cc(F)cc(C(F)(F)F)c1. The zero-order valence-corrected chi connectivity index (χ0v) is 17.5. The number of halogens is 7. The third-order valence-electron chi connectivity index (χ3n) is 4.91. The van der Waals surface area contributed by atoms with E-state index < -0.39 is 57.5 Å². The fraction of sp³-hybridized carbons (Fsp3) is 0.611. The molecule has 0 spiro atoms. The standard InChI is InChI=1S/C18H22F7N3O3S/c19-15-8-13(7-14(9-15)18(23,24)25)16(29)26-10-12-1-3-28(4-2-12)5-6-32(30,31)27-11-17(20,21)22/h7-9,12,27H,1-6,10-11H2,(H,26,29). The molecule has 0 atom stereocenters. The topological polar surface area (TPSA) is 78.5 Å². The van der Waals surface area contributed by atoms with Crippen molar-refractivity contribution >= 4 is 15.9 Å². The highest BCUT2D eigenvalue weighted by molar-refractivity contribution is 7.89. The van der Waals surface area contributed by atoms with E-state index in [1.165, 1.54) is 4.72 Å². The van der Waals surface area contributed by atoms with Gasteiger partial charge in [-0.2, -0.15) is 26.3 Å². The fourth-order valence-corrected chi connectivity index (χ4v) is 4.18. The average Bonchev–Trinajstić information content (AvgIpc) is 2.68. The Morgan fingerprint density at radius 3 is 2.25 bits per heavy atom. The molecule has 14 heteroatoms. The second kappa shape index (κ2) is 10.3. The third kappa shape index (κ3) is 8.90. The van der Waals surface area contributed by atoms with E-state index in [1.807, 2.05) is 0 Å². The summed E-state index contributed by atoms with van der Waals surface area (Å²) in [6.07, 6.45) is -8.37. The van der Waals surface area contributed by atoms with Gasteiger partial charge in [0, 0.05) is 18.7 Å². The van der Waals surface area contributed by atoms with Gasteiger partial charge in [-0.15, -0.1) is 0 Å². The lowest BCUT2D eigenvalue weighted by atomic mass is 9.96. The minimum Gasteiger partial charge on any atom is -0.352 e. The maximum absolute atomic E-state index is 13.4. The molecule has 1 heterocycles. The van der Waals surface area contributed by atoms with Gasteiger partial charge in [-0.3, -0.25) is 4.79 Å². The van der Waals surface area contributed by atoms with Crippen LogP contribution < -0.4 is 10.0 Å². The Morgan fingerprint density at radius 1 is 1.06 bits per heavy atom. The summed E-state index contributed by atoms with van der Waals surface area (Å²) >= 11 is 0. The van der Waals surface area contributed by atoms with Crippen LogP contribution in [0.15, 0.2) is 18.2 Å². The third-order valence-corrected chi connectivity index (χ3v) is 6.22. The highest BCUT2D eigenvalue weighted by Crippen LogP contribution is 2.30. The number of carbonyl (C=O) groups excluding carboxylic acids is 1. The number of likely N-dealkylation sites (tertiary alicyclic amines) is 1. The first kappa shape index (κ1) is 26.3. The van der Waals surface area contributed by atoms with Crippen molar-refractivity contribution in [3.8, 4) is 0 Å². The first-order valence-electron chi connectivity index (χ1n) is 9.57. The Morgan fingerprint density at radius 2 is 1.69 bits per heavy atom. The lowest BCUT2D eigenvalue weighted by molar-refractivity contribution is -0.137. The van der Waals surface area contributed by atoms with Gasteiger partial charge in [0.25, 0.3) is 5.91 Å². The molecule has 0 saturated carbocycles. The molecular weight excluding hydrogens is 471 g/mol. The van der Waals surface area contributed by atoms with Gasteiger partial charge >= 0.3 is 12.4 Å². The number of benzene rings is 1. The first-order chi connectivity index (χ1) is 14.6. The van der Waals surface area contributed by atoms with Crippen molar-refractivity contribution in [1.29, 1.82) is 0 Å². The molecule has 1 aromatic rings. The predicted molar refractivity (Wildman–Crippen MR) is 101 cm³/mol. The summed E-state index contributed by atoms with van der Waals surface area (Å²) in [7, 11) is -4.08. The molecule has 1 saturated heterocycles. The molecule has 182 valence electrons. The Balaban J connectivity index is 1.77. The molecule has 1 fully saturated rings. The summed E-state index contributed by atoms with van der Waals surface area (Å²) in [6, 6.07) is 1.57. The van der Waals surface area contributed by atoms with Crippen molar-refractivity contribution in [2.24, 2.45) is 5.92 Å². The summed E-state index contributed by atoms with van der Waals surface area (Å²) in [5.41, 5.74) is -1.72. The number of piperidine rings is 1. The fourth-order valence-electron chi connectivity index (χ4n) is 3.15. The molecular formula is C18H22F7N3O3S. The van der Waals surface area contributed by atoms with Crippen molar-refractivity contribution in [3.63, 3.8) is 0 Å². The Hall–Kier alpha value is -1.93. The predicted octanol–water partition coefficient (Wildman–Crippen LogP) is 2.77. The number of hydrogen-bond acceptors (Lipinski definition) is 4. The molecule has 2 N–H and O–H groups in total. The summed E-state index contributed by atoms with van der Waals surface area (Å²) in [5.74, 6) is -2.56. The lowest BCUT2D eigenvalue weighted by Crippen LogP contribution is -2.42. The van der Waals surface area contributed by atoms with E-state index in [0.717, 1.165) is 0 Å². The van der Waals surface area contributed by atoms with Gasteiger partial charge in [0.05, 0.1) is 11.3 Å². The van der Waals surface area contributed by atoms with Gasteiger partial charge in [-0.1, -0.05) is 0 Å². The molecule has 1 amide bonds. The molecule has 1 aliphatic heterocycles. The highest BCUT2D eigenvalue weighted by Gasteiger charge is 2.32. The monoisotopic (exact) mass is 493 g/mol. The van der Waals surface area contributed by atoms with Crippen molar-refractivity contribution < 1.29 is 43.9 Å². The Labute approximate surface area is 180 Å². The minimum atomic E-state index is -4.79. The van der Waals surface area contributed by atoms with Gasteiger partial charge < -0.3 is 10.2 Å². The van der Waals surface area contributed by atoms with Crippen LogP contribution in [0.5, 0.6) is 0 Å². The smallest absolute Gasteiger partial charge is 0.352 e. The quantitative estimate of drug-likeness (QED) is 0.546. The molecule has 0 radical (unpaired) electrons. The van der Waals surface area contributed by atoms with E-state index in [9.17, 15) is 43.9 Å². The van der Waals surface area contributed by atoms with Crippen LogP contribution in [0.1, 0.15) is 28.8 Å². The molecule has 2 rings (SSSR count). The molecule has 6 nitrogen and oxygen atoms in total. The molecule has 32 heavy (non-hydrogen) atoms. The van der Waals surface area contributed by atoms with Gasteiger partial charge in [0.2, 0.25) is 10.0 Å². The maximum Gasteiger partial charge on any atom is 0.416 e. The normalized spacial score (nSPS) is 16.8. The number of hydrogen-bond donors (Lipinski definition) is 2. The van der Waals surface area contributed by atoms with Gasteiger partial charge in [-0.05, 0) is 50.0 Å². The Bertz CT molecular complexity index is 896. The van der Waals surface area contributed by atoms with E-state index in [1.54, 1.807) is 4.90 Å². The highest BCUT2D eigenvalue weighted by atomic mass is 32.2. The number of rotatable bonds is 8. The van der Waals surface area contributed by atoms with Crippen LogP contribution in [0.2, 0.25) is 0 Å². The zero-order chi connectivity index (χ0) is 24.2. The largest absolute Gasteiger partial charge is 0.416 e. The van der Waals surface area contributed by atoms with E-state index in [0.29, 0.717) is 44.1 Å². The molecule has 0 aliphatic carbocycles. The van der Waals surface area contributed by atoms with Crippen molar-refractivity contribution in [2.75, 3.05) is 38.5 Å². The summed E-state index contributed by atoms with van der Waals surface area (Å²) in [6.45, 7) is -0.584. The van der Waals surface area contributed by atoms with Crippen LogP contribution in [0.25, 0.3) is 0 Å². The summed E-state index contributed by atoms with van der Waals surface area (Å²) in [5, 5.41) is 2.47. The van der Waals surface area contributed by atoms with E-state index >= 15 is 0 Å². The Kier molecular flexibility index (Phi) is 8.50. The number of carbonyl (C=O) groups is 1. The second-order valence-corrected chi connectivity index (χ2v) is 9.40. The van der Waals surface area contributed by atoms with Crippen molar-refractivity contribution in [1.82, 2.24) is 14.9 Å². The second-order valence-electron chi connectivity index (χ2n) is 7.48. The summed E-state index contributed by atoms with van der Waals surface area (Å²) < 4.78 is 113. The van der Waals surface area contributed by atoms with Crippen LogP contribution in [-0.2, 0) is 16.2 Å². The van der Waals surface area contributed by atoms with Crippen LogP contribution in [0.4, 0.5) is 30.7 Å². The zero-order valence-electron chi connectivity index (χ0n) is 16.7. The number of sulfonamides is 1. The van der Waals surface area contributed by atoms with Crippen molar-refractivity contribution in [2.45, 2.75) is 25.2 Å². The number of nitrogens with one attached hydrogen (secondary N) is 2. The van der Waals surface area contributed by atoms with Crippen LogP contribution in [-0.4, -0.2) is 63.9 Å².